The quantitative estimate of drug-likeness (QED) is 0.511. The number of phenols is 3. The largest absolute Gasteiger partial charge is 0.508 e. The summed E-state index contributed by atoms with van der Waals surface area (Å²) in [5.74, 6) is -2.01. The minimum Gasteiger partial charge on any atom is -0.508 e. The van der Waals surface area contributed by atoms with Crippen LogP contribution in [-0.4, -0.2) is 20.4 Å². The molecule has 0 aliphatic carbocycles. The normalized spacial score (nSPS) is 10.9. The first kappa shape index (κ1) is 12.9. The van der Waals surface area contributed by atoms with Gasteiger partial charge in [0, 0.05) is 6.07 Å². The summed E-state index contributed by atoms with van der Waals surface area (Å²) < 4.78 is 5.40. The third kappa shape index (κ3) is 1.93. The Labute approximate surface area is 117 Å². The van der Waals surface area contributed by atoms with Gasteiger partial charge in [0.2, 0.25) is 11.2 Å². The molecule has 0 fully saturated rings. The summed E-state index contributed by atoms with van der Waals surface area (Å²) in [5.41, 5.74) is -0.681. The summed E-state index contributed by atoms with van der Waals surface area (Å²) in [6, 6.07) is 7.89. The van der Waals surface area contributed by atoms with E-state index >= 15 is 0 Å². The molecule has 1 heterocycles. The molecule has 106 valence electrons. The van der Waals surface area contributed by atoms with Gasteiger partial charge in [-0.1, -0.05) is 6.07 Å². The molecular formula is C15H10O6. The maximum Gasteiger partial charge on any atom is 0.235 e. The molecule has 1 aromatic heterocycles. The van der Waals surface area contributed by atoms with Crippen LogP contribution in [0.5, 0.6) is 23.0 Å². The summed E-state index contributed by atoms with van der Waals surface area (Å²) in [6.07, 6.45) is 0. The molecule has 0 aliphatic rings. The molecule has 4 N–H and O–H groups in total. The van der Waals surface area contributed by atoms with Gasteiger partial charge in [-0.15, -0.1) is 0 Å². The molecule has 0 atom stereocenters. The van der Waals surface area contributed by atoms with Crippen molar-refractivity contribution in [1.29, 1.82) is 0 Å². The molecule has 0 amide bonds. The molecule has 0 saturated carbocycles. The summed E-state index contributed by atoms with van der Waals surface area (Å²) >= 11 is 0. The Morgan fingerprint density at radius 3 is 2.43 bits per heavy atom. The lowest BCUT2D eigenvalue weighted by Crippen LogP contribution is -2.02. The lowest BCUT2D eigenvalue weighted by Gasteiger charge is -2.08. The van der Waals surface area contributed by atoms with Gasteiger partial charge in [-0.2, -0.15) is 0 Å². The highest BCUT2D eigenvalue weighted by atomic mass is 16.4. The molecule has 6 heteroatoms. The van der Waals surface area contributed by atoms with E-state index < -0.39 is 22.7 Å². The van der Waals surface area contributed by atoms with Crippen molar-refractivity contribution >= 4 is 11.0 Å². The third-order valence-corrected chi connectivity index (χ3v) is 3.11. The second kappa shape index (κ2) is 4.45. The zero-order chi connectivity index (χ0) is 15.1. The fourth-order valence-corrected chi connectivity index (χ4v) is 2.07. The molecule has 0 aliphatic heterocycles. The van der Waals surface area contributed by atoms with E-state index in [2.05, 4.69) is 0 Å². The van der Waals surface area contributed by atoms with E-state index in [1.807, 2.05) is 0 Å². The van der Waals surface area contributed by atoms with E-state index in [9.17, 15) is 25.2 Å². The molecule has 2 aromatic carbocycles. The first-order valence-electron chi connectivity index (χ1n) is 5.99. The number of hydrogen-bond donors (Lipinski definition) is 4. The van der Waals surface area contributed by atoms with Crippen LogP contribution in [0.15, 0.2) is 45.6 Å². The lowest BCUT2D eigenvalue weighted by molar-refractivity contribution is 0.402. The van der Waals surface area contributed by atoms with Gasteiger partial charge in [-0.05, 0) is 24.3 Å². The fraction of sp³-hybridized carbons (Fsp3) is 0. The first-order chi connectivity index (χ1) is 9.99. The van der Waals surface area contributed by atoms with Crippen molar-refractivity contribution in [3.8, 4) is 34.3 Å². The fourth-order valence-electron chi connectivity index (χ4n) is 2.07. The average molecular weight is 286 g/mol. The van der Waals surface area contributed by atoms with Crippen LogP contribution < -0.4 is 5.43 Å². The van der Waals surface area contributed by atoms with Crippen LogP contribution >= 0.6 is 0 Å². The maximum absolute atomic E-state index is 12.1. The minimum atomic E-state index is -0.700. The Bertz CT molecular complexity index is 910. The molecule has 3 aromatic rings. The van der Waals surface area contributed by atoms with Crippen LogP contribution in [0.4, 0.5) is 0 Å². The average Bonchev–Trinajstić information content (AvgIpc) is 2.46. The van der Waals surface area contributed by atoms with Gasteiger partial charge in [0.25, 0.3) is 0 Å². The Morgan fingerprint density at radius 2 is 1.67 bits per heavy atom. The molecule has 6 nitrogen and oxygen atoms in total. The molecule has 21 heavy (non-hydrogen) atoms. The van der Waals surface area contributed by atoms with E-state index in [-0.39, 0.29) is 28.0 Å². The second-order valence-electron chi connectivity index (χ2n) is 4.46. The van der Waals surface area contributed by atoms with Crippen molar-refractivity contribution in [2.45, 2.75) is 0 Å². The van der Waals surface area contributed by atoms with Crippen molar-refractivity contribution in [2.24, 2.45) is 0 Å². The molecule has 0 spiro atoms. The Morgan fingerprint density at radius 1 is 0.905 bits per heavy atom. The minimum absolute atomic E-state index is 0.0326. The smallest absolute Gasteiger partial charge is 0.235 e. The van der Waals surface area contributed by atoms with Crippen LogP contribution in [0.2, 0.25) is 0 Å². The lowest BCUT2D eigenvalue weighted by atomic mass is 10.1. The highest BCUT2D eigenvalue weighted by Gasteiger charge is 2.19. The van der Waals surface area contributed by atoms with Crippen molar-refractivity contribution in [1.82, 2.24) is 0 Å². The van der Waals surface area contributed by atoms with Gasteiger partial charge >= 0.3 is 0 Å². The van der Waals surface area contributed by atoms with Crippen LogP contribution in [0.1, 0.15) is 0 Å². The van der Waals surface area contributed by atoms with Gasteiger partial charge in [0.15, 0.2) is 17.3 Å². The Balaban J connectivity index is 2.40. The number of benzene rings is 2. The molecule has 3 rings (SSSR count). The van der Waals surface area contributed by atoms with E-state index in [4.69, 9.17) is 4.42 Å². The topological polar surface area (TPSA) is 111 Å². The summed E-state index contributed by atoms with van der Waals surface area (Å²) in [5, 5.41) is 38.8. The first-order valence-corrected chi connectivity index (χ1v) is 5.99. The Kier molecular flexibility index (Phi) is 2.72. The van der Waals surface area contributed by atoms with E-state index in [1.54, 1.807) is 0 Å². The number of para-hydroxylation sites is 1. The highest BCUT2D eigenvalue weighted by Crippen LogP contribution is 2.40. The van der Waals surface area contributed by atoms with Crippen molar-refractivity contribution < 1.29 is 24.8 Å². The van der Waals surface area contributed by atoms with Crippen LogP contribution in [-0.2, 0) is 0 Å². The standard InChI is InChI=1S/C15H10O6/c16-7-4-5-8-11(6-7)21-15(14(20)13(8)19)9-2-1-3-10(17)12(9)18/h1-6,16-18,20H. The van der Waals surface area contributed by atoms with Gasteiger partial charge in [-0.25, -0.2) is 0 Å². The van der Waals surface area contributed by atoms with E-state index in [0.29, 0.717) is 0 Å². The molecule has 0 unspecified atom stereocenters. The monoisotopic (exact) mass is 286 g/mol. The molecule has 0 bridgehead atoms. The number of rotatable bonds is 1. The van der Waals surface area contributed by atoms with Gasteiger partial charge in [-0.3, -0.25) is 4.79 Å². The van der Waals surface area contributed by atoms with E-state index in [1.165, 1.54) is 36.4 Å². The SMILES string of the molecule is O=c1c(O)c(-c2cccc(O)c2O)oc2cc(O)ccc12. The van der Waals surface area contributed by atoms with Gasteiger partial charge < -0.3 is 24.8 Å². The molecular weight excluding hydrogens is 276 g/mol. The zero-order valence-corrected chi connectivity index (χ0v) is 10.6. The maximum atomic E-state index is 12.1. The second-order valence-corrected chi connectivity index (χ2v) is 4.46. The van der Waals surface area contributed by atoms with Gasteiger partial charge in [0.05, 0.1) is 10.9 Å². The zero-order valence-electron chi connectivity index (χ0n) is 10.6. The third-order valence-electron chi connectivity index (χ3n) is 3.11. The highest BCUT2D eigenvalue weighted by molar-refractivity contribution is 5.84. The number of fused-ring (bicyclic) bond motifs is 1. The number of aromatic hydroxyl groups is 4. The van der Waals surface area contributed by atoms with Gasteiger partial charge in [0.1, 0.15) is 11.3 Å². The Hall–Kier alpha value is -3.15. The number of phenolic OH excluding ortho intramolecular Hbond substituents is 3. The van der Waals surface area contributed by atoms with Crippen molar-refractivity contribution in [3.05, 3.63) is 46.6 Å². The number of hydrogen-bond acceptors (Lipinski definition) is 6. The van der Waals surface area contributed by atoms with E-state index in [0.717, 1.165) is 0 Å². The van der Waals surface area contributed by atoms with Crippen molar-refractivity contribution in [2.75, 3.05) is 0 Å². The van der Waals surface area contributed by atoms with Crippen LogP contribution in [0.25, 0.3) is 22.3 Å². The molecule has 0 saturated heterocycles. The molecule has 0 radical (unpaired) electrons. The van der Waals surface area contributed by atoms with Crippen molar-refractivity contribution in [3.63, 3.8) is 0 Å². The predicted molar refractivity (Wildman–Crippen MR) is 74.6 cm³/mol. The summed E-state index contributed by atoms with van der Waals surface area (Å²) in [4.78, 5) is 12.1. The summed E-state index contributed by atoms with van der Waals surface area (Å²) in [6.45, 7) is 0. The van der Waals surface area contributed by atoms with Crippen LogP contribution in [0.3, 0.4) is 0 Å². The predicted octanol–water partition coefficient (Wildman–Crippen LogP) is 2.28. The summed E-state index contributed by atoms with van der Waals surface area (Å²) in [7, 11) is 0. The van der Waals surface area contributed by atoms with Crippen LogP contribution in [0, 0.1) is 0 Å².